The predicted molar refractivity (Wildman–Crippen MR) is 91.8 cm³/mol. The molecule has 1 aromatic heterocycles. The monoisotopic (exact) mass is 289 g/mol. The first-order valence-corrected chi connectivity index (χ1v) is 7.33. The topological polar surface area (TPSA) is 36.0 Å². The summed E-state index contributed by atoms with van der Waals surface area (Å²) in [6, 6.07) is 14.7. The first-order valence-electron chi connectivity index (χ1n) is 7.33. The van der Waals surface area contributed by atoms with Crippen LogP contribution in [0.25, 0.3) is 22.0 Å². The molecule has 0 spiro atoms. The summed E-state index contributed by atoms with van der Waals surface area (Å²) in [5.74, 6) is 0. The van der Waals surface area contributed by atoms with Crippen molar-refractivity contribution in [3.63, 3.8) is 0 Å². The molecule has 0 saturated heterocycles. The van der Waals surface area contributed by atoms with E-state index >= 15 is 0 Å². The molecular weight excluding hydrogens is 270 g/mol. The van der Waals surface area contributed by atoms with Crippen LogP contribution in [0, 0.1) is 6.92 Å². The molecule has 0 saturated carbocycles. The van der Waals surface area contributed by atoms with Crippen LogP contribution < -0.4 is 0 Å². The molecule has 1 heterocycles. The van der Waals surface area contributed by atoms with Crippen molar-refractivity contribution in [2.45, 2.75) is 20.0 Å². The van der Waals surface area contributed by atoms with Gasteiger partial charge in [-0.15, -0.1) is 5.73 Å². The highest BCUT2D eigenvalue weighted by Crippen LogP contribution is 2.31. The summed E-state index contributed by atoms with van der Waals surface area (Å²) >= 11 is 0. The molecule has 2 heteroatoms. The first-order chi connectivity index (χ1) is 10.6. The van der Waals surface area contributed by atoms with Gasteiger partial charge < -0.3 is 10.1 Å². The first kappa shape index (κ1) is 14.4. The van der Waals surface area contributed by atoms with Gasteiger partial charge in [-0.2, -0.15) is 0 Å². The van der Waals surface area contributed by atoms with E-state index in [0.29, 0.717) is 0 Å². The van der Waals surface area contributed by atoms with Gasteiger partial charge in [-0.05, 0) is 37.1 Å². The van der Waals surface area contributed by atoms with Crippen molar-refractivity contribution in [1.82, 2.24) is 4.98 Å². The number of rotatable bonds is 3. The van der Waals surface area contributed by atoms with Gasteiger partial charge in [0, 0.05) is 28.2 Å². The standard InChI is InChI=1S/C20H19NO/c1-4-14(3)20(22)18-12-21-19-10-9-16(11-17(18)19)15-7-5-13(2)6-8-15/h5-12,20-22H,1H2,2-3H3. The van der Waals surface area contributed by atoms with Crippen molar-refractivity contribution in [2.24, 2.45) is 0 Å². The number of aromatic nitrogens is 1. The van der Waals surface area contributed by atoms with Gasteiger partial charge in [0.25, 0.3) is 0 Å². The SMILES string of the molecule is C=C=C(C)C(O)c1c[nH]c2ccc(-c3ccc(C)cc3)cc12. The van der Waals surface area contributed by atoms with Gasteiger partial charge in [0.2, 0.25) is 0 Å². The van der Waals surface area contributed by atoms with Gasteiger partial charge in [-0.3, -0.25) is 0 Å². The van der Waals surface area contributed by atoms with Crippen molar-refractivity contribution in [3.05, 3.63) is 77.7 Å². The molecule has 1 atom stereocenters. The second-order valence-electron chi connectivity index (χ2n) is 5.63. The highest BCUT2D eigenvalue weighted by Gasteiger charge is 2.15. The number of aryl methyl sites for hydroxylation is 1. The van der Waals surface area contributed by atoms with Crippen molar-refractivity contribution in [1.29, 1.82) is 0 Å². The Kier molecular flexibility index (Phi) is 3.72. The number of H-pyrrole nitrogens is 1. The zero-order chi connectivity index (χ0) is 15.7. The molecule has 0 aliphatic carbocycles. The molecule has 110 valence electrons. The maximum Gasteiger partial charge on any atom is 0.109 e. The second kappa shape index (κ2) is 5.69. The molecule has 22 heavy (non-hydrogen) atoms. The molecular formula is C20H19NO. The molecule has 2 nitrogen and oxygen atoms in total. The Balaban J connectivity index is 2.12. The molecule has 0 aliphatic heterocycles. The van der Waals surface area contributed by atoms with Gasteiger partial charge in [-0.1, -0.05) is 42.5 Å². The Hall–Kier alpha value is -2.54. The summed E-state index contributed by atoms with van der Waals surface area (Å²) in [6.45, 7) is 7.53. The molecule has 0 radical (unpaired) electrons. The van der Waals surface area contributed by atoms with Crippen LogP contribution in [0.4, 0.5) is 0 Å². The minimum atomic E-state index is -0.681. The molecule has 1 unspecified atom stereocenters. The molecule has 0 aliphatic rings. The van der Waals surface area contributed by atoms with E-state index in [-0.39, 0.29) is 0 Å². The van der Waals surface area contributed by atoms with Gasteiger partial charge in [0.1, 0.15) is 6.10 Å². The molecule has 2 aromatic carbocycles. The number of aliphatic hydroxyl groups excluding tert-OH is 1. The zero-order valence-electron chi connectivity index (χ0n) is 12.9. The van der Waals surface area contributed by atoms with E-state index in [4.69, 9.17) is 0 Å². The number of fused-ring (bicyclic) bond motifs is 1. The van der Waals surface area contributed by atoms with E-state index in [1.54, 1.807) is 0 Å². The Morgan fingerprint density at radius 1 is 1.14 bits per heavy atom. The number of aliphatic hydroxyl groups is 1. The van der Waals surface area contributed by atoms with Gasteiger partial charge in [0.15, 0.2) is 0 Å². The summed E-state index contributed by atoms with van der Waals surface area (Å²) in [5, 5.41) is 11.4. The molecule has 2 N–H and O–H groups in total. The fourth-order valence-corrected chi connectivity index (χ4v) is 2.62. The predicted octanol–water partition coefficient (Wildman–Crippen LogP) is 4.91. The van der Waals surface area contributed by atoms with Crippen molar-refractivity contribution < 1.29 is 5.11 Å². The fourth-order valence-electron chi connectivity index (χ4n) is 2.62. The number of benzene rings is 2. The van der Waals surface area contributed by atoms with Crippen LogP contribution in [0.3, 0.4) is 0 Å². The average molecular weight is 289 g/mol. The lowest BCUT2D eigenvalue weighted by molar-refractivity contribution is 0.217. The third-order valence-corrected chi connectivity index (χ3v) is 4.08. The van der Waals surface area contributed by atoms with Gasteiger partial charge in [-0.25, -0.2) is 0 Å². The fraction of sp³-hybridized carbons (Fsp3) is 0.150. The third kappa shape index (κ3) is 2.50. The maximum absolute atomic E-state index is 10.4. The van der Waals surface area contributed by atoms with Crippen LogP contribution >= 0.6 is 0 Å². The van der Waals surface area contributed by atoms with Crippen LogP contribution in [0.15, 0.2) is 66.5 Å². The van der Waals surface area contributed by atoms with E-state index in [2.05, 4.69) is 60.6 Å². The molecule has 0 amide bonds. The van der Waals surface area contributed by atoms with E-state index in [1.807, 2.05) is 19.2 Å². The number of hydrogen-bond acceptors (Lipinski definition) is 1. The Labute approximate surface area is 130 Å². The lowest BCUT2D eigenvalue weighted by Crippen LogP contribution is -1.96. The summed E-state index contributed by atoms with van der Waals surface area (Å²) in [5.41, 5.74) is 8.93. The Morgan fingerprint density at radius 2 is 1.82 bits per heavy atom. The minimum Gasteiger partial charge on any atom is -0.383 e. The number of nitrogens with one attached hydrogen (secondary N) is 1. The molecule has 3 rings (SSSR count). The number of aromatic amines is 1. The van der Waals surface area contributed by atoms with Crippen molar-refractivity contribution in [3.8, 4) is 11.1 Å². The second-order valence-corrected chi connectivity index (χ2v) is 5.63. The van der Waals surface area contributed by atoms with E-state index in [1.165, 1.54) is 11.1 Å². The molecule has 3 aromatic rings. The van der Waals surface area contributed by atoms with E-state index < -0.39 is 6.10 Å². The zero-order valence-corrected chi connectivity index (χ0v) is 12.9. The summed E-state index contributed by atoms with van der Waals surface area (Å²) in [4.78, 5) is 3.21. The highest BCUT2D eigenvalue weighted by molar-refractivity contribution is 5.88. The van der Waals surface area contributed by atoms with E-state index in [9.17, 15) is 5.11 Å². The Morgan fingerprint density at radius 3 is 2.50 bits per heavy atom. The van der Waals surface area contributed by atoms with Crippen LogP contribution in [0.5, 0.6) is 0 Å². The van der Waals surface area contributed by atoms with Crippen LogP contribution in [0.1, 0.15) is 24.2 Å². The summed E-state index contributed by atoms with van der Waals surface area (Å²) in [7, 11) is 0. The normalized spacial score (nSPS) is 12.1. The average Bonchev–Trinajstić information content (AvgIpc) is 2.97. The Bertz CT molecular complexity index is 864. The number of hydrogen-bond donors (Lipinski definition) is 2. The minimum absolute atomic E-state index is 0.681. The quantitative estimate of drug-likeness (QED) is 0.660. The van der Waals surface area contributed by atoms with Crippen molar-refractivity contribution >= 4 is 10.9 Å². The lowest BCUT2D eigenvalue weighted by Gasteiger charge is -2.09. The van der Waals surface area contributed by atoms with Gasteiger partial charge >= 0.3 is 0 Å². The lowest BCUT2D eigenvalue weighted by atomic mass is 9.98. The smallest absolute Gasteiger partial charge is 0.109 e. The summed E-state index contributed by atoms with van der Waals surface area (Å²) in [6.07, 6.45) is 1.18. The summed E-state index contributed by atoms with van der Waals surface area (Å²) < 4.78 is 0. The van der Waals surface area contributed by atoms with Crippen LogP contribution in [-0.4, -0.2) is 10.1 Å². The van der Waals surface area contributed by atoms with Crippen LogP contribution in [0.2, 0.25) is 0 Å². The third-order valence-electron chi connectivity index (χ3n) is 4.08. The largest absolute Gasteiger partial charge is 0.383 e. The van der Waals surface area contributed by atoms with E-state index in [0.717, 1.165) is 27.6 Å². The molecule has 0 bridgehead atoms. The maximum atomic E-state index is 10.4. The molecule has 0 fully saturated rings. The van der Waals surface area contributed by atoms with Gasteiger partial charge in [0.05, 0.1) is 0 Å². The van der Waals surface area contributed by atoms with Crippen molar-refractivity contribution in [2.75, 3.05) is 0 Å². The van der Waals surface area contributed by atoms with Crippen LogP contribution in [-0.2, 0) is 0 Å². The highest BCUT2D eigenvalue weighted by atomic mass is 16.3.